The molecular formula is C15H24ClN3O. The van der Waals surface area contributed by atoms with E-state index in [9.17, 15) is 4.79 Å². The Morgan fingerprint density at radius 3 is 2.50 bits per heavy atom. The van der Waals surface area contributed by atoms with Gasteiger partial charge in [-0.2, -0.15) is 0 Å². The average Bonchev–Trinajstić information content (AvgIpc) is 2.40. The summed E-state index contributed by atoms with van der Waals surface area (Å²) in [5.41, 5.74) is 2.12. The second-order valence-electron chi connectivity index (χ2n) is 4.73. The van der Waals surface area contributed by atoms with Crippen LogP contribution in [0.4, 0.5) is 5.69 Å². The topological polar surface area (TPSA) is 35.6 Å². The molecule has 0 bridgehead atoms. The van der Waals surface area contributed by atoms with Crippen molar-refractivity contribution in [1.29, 1.82) is 0 Å². The van der Waals surface area contributed by atoms with Crippen molar-refractivity contribution in [1.82, 2.24) is 10.2 Å². The molecule has 0 aliphatic carbocycles. The Morgan fingerprint density at radius 2 is 1.95 bits per heavy atom. The Bertz CT molecular complexity index is 447. The fourth-order valence-electron chi connectivity index (χ4n) is 2.22. The van der Waals surface area contributed by atoms with Gasteiger partial charge in [-0.3, -0.25) is 4.79 Å². The minimum absolute atomic E-state index is 0.142. The Kier molecular flexibility index (Phi) is 6.82. The van der Waals surface area contributed by atoms with Gasteiger partial charge in [0.25, 0.3) is 0 Å². The molecule has 0 saturated heterocycles. The quantitative estimate of drug-likeness (QED) is 0.839. The summed E-state index contributed by atoms with van der Waals surface area (Å²) in [5, 5.41) is 3.83. The van der Waals surface area contributed by atoms with Crippen LogP contribution >= 0.6 is 11.6 Å². The fraction of sp³-hybridized carbons (Fsp3) is 0.533. The maximum Gasteiger partial charge on any atom is 0.242 e. The lowest BCUT2D eigenvalue weighted by molar-refractivity contribution is -0.129. The van der Waals surface area contributed by atoms with Crippen LogP contribution in [0.15, 0.2) is 18.2 Å². The molecule has 1 aromatic rings. The van der Waals surface area contributed by atoms with E-state index >= 15 is 0 Å². The van der Waals surface area contributed by atoms with Crippen LogP contribution in [-0.4, -0.2) is 44.5 Å². The van der Waals surface area contributed by atoms with Gasteiger partial charge in [0.1, 0.15) is 0 Å². The number of carbonyl (C=O) groups is 1. The standard InChI is InChI=1S/C15H24ClN3O/c1-5-19(6-2)15(20)11-18(4)14-8-7-13(16)9-12(14)10-17-3/h7-9,17H,5-6,10-11H2,1-4H3. The van der Waals surface area contributed by atoms with Gasteiger partial charge in [-0.25, -0.2) is 0 Å². The first-order chi connectivity index (χ1) is 9.53. The van der Waals surface area contributed by atoms with Crippen LogP contribution in [-0.2, 0) is 11.3 Å². The van der Waals surface area contributed by atoms with Gasteiger partial charge in [0.05, 0.1) is 6.54 Å². The van der Waals surface area contributed by atoms with Crippen molar-refractivity contribution in [3.63, 3.8) is 0 Å². The van der Waals surface area contributed by atoms with Crippen molar-refractivity contribution in [2.45, 2.75) is 20.4 Å². The van der Waals surface area contributed by atoms with Gasteiger partial charge in [-0.1, -0.05) is 11.6 Å². The molecule has 1 rings (SSSR count). The number of carbonyl (C=O) groups excluding carboxylic acids is 1. The fourth-order valence-corrected chi connectivity index (χ4v) is 2.42. The number of halogens is 1. The number of hydrogen-bond donors (Lipinski definition) is 1. The number of amides is 1. The highest BCUT2D eigenvalue weighted by molar-refractivity contribution is 6.30. The first-order valence-corrected chi connectivity index (χ1v) is 7.33. The number of benzene rings is 1. The molecule has 5 heteroatoms. The molecular weight excluding hydrogens is 274 g/mol. The van der Waals surface area contributed by atoms with Crippen molar-refractivity contribution < 1.29 is 4.79 Å². The highest BCUT2D eigenvalue weighted by atomic mass is 35.5. The summed E-state index contributed by atoms with van der Waals surface area (Å²) in [6.07, 6.45) is 0. The zero-order chi connectivity index (χ0) is 15.1. The minimum Gasteiger partial charge on any atom is -0.365 e. The minimum atomic E-state index is 0.142. The monoisotopic (exact) mass is 297 g/mol. The van der Waals surface area contributed by atoms with Gasteiger partial charge in [0.2, 0.25) is 5.91 Å². The highest BCUT2D eigenvalue weighted by Gasteiger charge is 2.15. The van der Waals surface area contributed by atoms with E-state index in [1.807, 2.05) is 55.9 Å². The molecule has 20 heavy (non-hydrogen) atoms. The van der Waals surface area contributed by atoms with Crippen LogP contribution in [0.2, 0.25) is 5.02 Å². The van der Waals surface area contributed by atoms with Crippen LogP contribution < -0.4 is 10.2 Å². The molecule has 0 heterocycles. The van der Waals surface area contributed by atoms with E-state index in [0.29, 0.717) is 11.6 Å². The first kappa shape index (κ1) is 16.8. The van der Waals surface area contributed by atoms with Gasteiger partial charge >= 0.3 is 0 Å². The predicted molar refractivity (Wildman–Crippen MR) is 85.4 cm³/mol. The molecule has 1 amide bonds. The first-order valence-electron chi connectivity index (χ1n) is 6.95. The Hall–Kier alpha value is -1.26. The second-order valence-corrected chi connectivity index (χ2v) is 5.16. The molecule has 0 radical (unpaired) electrons. The number of likely N-dealkylation sites (N-methyl/N-ethyl adjacent to an activating group) is 2. The van der Waals surface area contributed by atoms with Crippen LogP contribution in [0, 0.1) is 0 Å². The summed E-state index contributed by atoms with van der Waals surface area (Å²) in [6.45, 7) is 6.58. The van der Waals surface area contributed by atoms with Gasteiger partial charge in [0, 0.05) is 37.4 Å². The molecule has 4 nitrogen and oxygen atoms in total. The van der Waals surface area contributed by atoms with Crippen LogP contribution in [0.1, 0.15) is 19.4 Å². The molecule has 0 saturated carbocycles. The Labute approximate surface area is 126 Å². The van der Waals surface area contributed by atoms with E-state index in [2.05, 4.69) is 5.32 Å². The molecule has 0 spiro atoms. The van der Waals surface area contributed by atoms with Gasteiger partial charge in [-0.15, -0.1) is 0 Å². The largest absolute Gasteiger partial charge is 0.365 e. The average molecular weight is 298 g/mol. The SMILES string of the molecule is CCN(CC)C(=O)CN(C)c1ccc(Cl)cc1CNC. The molecule has 1 aromatic carbocycles. The molecule has 0 aliphatic heterocycles. The molecule has 0 atom stereocenters. The third kappa shape index (κ3) is 4.39. The predicted octanol–water partition coefficient (Wildman–Crippen LogP) is 2.36. The molecule has 0 aliphatic rings. The summed E-state index contributed by atoms with van der Waals surface area (Å²) >= 11 is 6.04. The van der Waals surface area contributed by atoms with Crippen LogP contribution in [0.25, 0.3) is 0 Å². The number of hydrogen-bond acceptors (Lipinski definition) is 3. The van der Waals surface area contributed by atoms with Crippen molar-refractivity contribution in [3.8, 4) is 0 Å². The number of rotatable bonds is 7. The zero-order valence-electron chi connectivity index (χ0n) is 12.7. The lowest BCUT2D eigenvalue weighted by Gasteiger charge is -2.26. The molecule has 0 fully saturated rings. The van der Waals surface area contributed by atoms with Crippen molar-refractivity contribution in [2.75, 3.05) is 38.6 Å². The van der Waals surface area contributed by atoms with Crippen molar-refractivity contribution in [3.05, 3.63) is 28.8 Å². The molecule has 0 aromatic heterocycles. The number of anilines is 1. The summed E-state index contributed by atoms with van der Waals surface area (Å²) in [7, 11) is 3.83. The van der Waals surface area contributed by atoms with E-state index in [1.165, 1.54) is 0 Å². The number of nitrogens with zero attached hydrogens (tertiary/aromatic N) is 2. The Morgan fingerprint density at radius 1 is 1.30 bits per heavy atom. The maximum atomic E-state index is 12.2. The van der Waals surface area contributed by atoms with Gasteiger partial charge in [0.15, 0.2) is 0 Å². The third-order valence-corrected chi connectivity index (χ3v) is 3.54. The van der Waals surface area contributed by atoms with Crippen molar-refractivity contribution in [2.24, 2.45) is 0 Å². The maximum absolute atomic E-state index is 12.2. The van der Waals surface area contributed by atoms with E-state index in [4.69, 9.17) is 11.6 Å². The zero-order valence-corrected chi connectivity index (χ0v) is 13.5. The van der Waals surface area contributed by atoms with Gasteiger partial charge < -0.3 is 15.1 Å². The molecule has 0 unspecified atom stereocenters. The highest BCUT2D eigenvalue weighted by Crippen LogP contribution is 2.23. The smallest absolute Gasteiger partial charge is 0.242 e. The summed E-state index contributed by atoms with van der Waals surface area (Å²) in [4.78, 5) is 16.0. The van der Waals surface area contributed by atoms with E-state index in [0.717, 1.165) is 30.9 Å². The number of nitrogens with one attached hydrogen (secondary N) is 1. The summed E-state index contributed by atoms with van der Waals surface area (Å²) < 4.78 is 0. The summed E-state index contributed by atoms with van der Waals surface area (Å²) in [5.74, 6) is 0.142. The third-order valence-electron chi connectivity index (χ3n) is 3.31. The normalized spacial score (nSPS) is 10.4. The lowest BCUT2D eigenvalue weighted by Crippen LogP contribution is -2.39. The van der Waals surface area contributed by atoms with Crippen LogP contribution in [0.5, 0.6) is 0 Å². The van der Waals surface area contributed by atoms with E-state index in [-0.39, 0.29) is 5.91 Å². The molecule has 1 N–H and O–H groups in total. The van der Waals surface area contributed by atoms with Gasteiger partial charge in [-0.05, 0) is 44.7 Å². The summed E-state index contributed by atoms with van der Waals surface area (Å²) in [6, 6.07) is 5.75. The van der Waals surface area contributed by atoms with E-state index in [1.54, 1.807) is 0 Å². The molecule has 112 valence electrons. The second kappa shape index (κ2) is 8.12. The Balaban J connectivity index is 2.86. The lowest BCUT2D eigenvalue weighted by atomic mass is 10.1. The van der Waals surface area contributed by atoms with Crippen molar-refractivity contribution >= 4 is 23.2 Å². The van der Waals surface area contributed by atoms with Crippen LogP contribution in [0.3, 0.4) is 0 Å². The van der Waals surface area contributed by atoms with E-state index < -0.39 is 0 Å².